The Balaban J connectivity index is 1.85. The van der Waals surface area contributed by atoms with E-state index in [1.54, 1.807) is 55.5 Å². The van der Waals surface area contributed by atoms with E-state index in [1.807, 2.05) is 6.92 Å². The molecule has 1 atom stereocenters. The predicted molar refractivity (Wildman–Crippen MR) is 141 cm³/mol. The van der Waals surface area contributed by atoms with E-state index < -0.39 is 23.7 Å². The van der Waals surface area contributed by atoms with E-state index in [0.717, 1.165) is 11.3 Å². The molecule has 1 aliphatic heterocycles. The van der Waals surface area contributed by atoms with Gasteiger partial charge in [0.25, 0.3) is 5.78 Å². The predicted octanol–water partition coefficient (Wildman–Crippen LogP) is 5.47. The van der Waals surface area contributed by atoms with Gasteiger partial charge in [-0.3, -0.25) is 14.5 Å². The van der Waals surface area contributed by atoms with Gasteiger partial charge < -0.3 is 14.6 Å². The number of aliphatic hydroxyl groups is 1. The number of anilines is 1. The number of ketones is 1. The molecule has 0 spiro atoms. The van der Waals surface area contributed by atoms with Gasteiger partial charge in [-0.05, 0) is 55.8 Å². The van der Waals surface area contributed by atoms with Crippen molar-refractivity contribution in [2.24, 2.45) is 0 Å². The van der Waals surface area contributed by atoms with Crippen LogP contribution in [-0.4, -0.2) is 41.0 Å². The summed E-state index contributed by atoms with van der Waals surface area (Å²) in [4.78, 5) is 44.9. The fraction of sp³-hybridized carbons (Fsp3) is 0.185. The van der Waals surface area contributed by atoms with E-state index in [4.69, 9.17) is 21.1 Å². The second kappa shape index (κ2) is 11.0. The molecule has 0 radical (unpaired) electrons. The van der Waals surface area contributed by atoms with Gasteiger partial charge in [0.1, 0.15) is 23.0 Å². The lowest BCUT2D eigenvalue weighted by molar-refractivity contribution is -0.132. The van der Waals surface area contributed by atoms with Crippen molar-refractivity contribution in [2.75, 3.05) is 18.1 Å². The van der Waals surface area contributed by atoms with Crippen molar-refractivity contribution in [1.29, 1.82) is 0 Å². The molecule has 190 valence electrons. The van der Waals surface area contributed by atoms with Gasteiger partial charge in [0.15, 0.2) is 5.13 Å². The SMILES string of the molecule is C=CCOC(=O)c1sc(N2C(=O)C(=O)/C(=C(\O)c3ccc(OCC)cc3)C2c2ccc(Cl)cc2)nc1C. The summed E-state index contributed by atoms with van der Waals surface area (Å²) in [6.45, 7) is 7.48. The average Bonchev–Trinajstić information content (AvgIpc) is 3.40. The summed E-state index contributed by atoms with van der Waals surface area (Å²) in [5, 5.41) is 11.8. The summed E-state index contributed by atoms with van der Waals surface area (Å²) in [7, 11) is 0. The fourth-order valence-corrected chi connectivity index (χ4v) is 5.01. The number of thiazole rings is 1. The molecule has 37 heavy (non-hydrogen) atoms. The molecular formula is C27H23ClN2O6S. The number of carbonyl (C=O) groups is 3. The third kappa shape index (κ3) is 5.14. The van der Waals surface area contributed by atoms with Crippen molar-refractivity contribution in [3.05, 3.63) is 93.5 Å². The number of aromatic nitrogens is 1. The van der Waals surface area contributed by atoms with E-state index in [-0.39, 0.29) is 27.9 Å². The Hall–Kier alpha value is -3.95. The highest BCUT2D eigenvalue weighted by atomic mass is 35.5. The van der Waals surface area contributed by atoms with Gasteiger partial charge in [0, 0.05) is 10.6 Å². The molecule has 8 nitrogen and oxygen atoms in total. The number of Topliss-reactive ketones (excluding diaryl/α,β-unsaturated/α-hetero) is 1. The number of nitrogens with zero attached hydrogens (tertiary/aromatic N) is 2. The Morgan fingerprint density at radius 2 is 1.86 bits per heavy atom. The maximum atomic E-state index is 13.3. The van der Waals surface area contributed by atoms with Crippen molar-refractivity contribution in [3.63, 3.8) is 0 Å². The van der Waals surface area contributed by atoms with E-state index in [0.29, 0.717) is 34.2 Å². The molecule has 1 aliphatic rings. The van der Waals surface area contributed by atoms with Crippen LogP contribution in [0.4, 0.5) is 5.13 Å². The Bertz CT molecular complexity index is 1400. The zero-order chi connectivity index (χ0) is 26.7. The van der Waals surface area contributed by atoms with Crippen molar-refractivity contribution in [2.45, 2.75) is 19.9 Å². The first-order valence-corrected chi connectivity index (χ1v) is 12.5. The minimum atomic E-state index is -1.01. The third-order valence-corrected chi connectivity index (χ3v) is 6.97. The minimum absolute atomic E-state index is 0.0167. The Kier molecular flexibility index (Phi) is 7.75. The van der Waals surface area contributed by atoms with E-state index in [1.165, 1.54) is 11.0 Å². The van der Waals surface area contributed by atoms with Crippen LogP contribution >= 0.6 is 22.9 Å². The van der Waals surface area contributed by atoms with Crippen LogP contribution in [-0.2, 0) is 14.3 Å². The van der Waals surface area contributed by atoms with Crippen LogP contribution in [0.2, 0.25) is 5.02 Å². The number of rotatable bonds is 8. The van der Waals surface area contributed by atoms with Gasteiger partial charge >= 0.3 is 11.9 Å². The molecule has 1 saturated heterocycles. The first kappa shape index (κ1) is 26.1. The molecular weight excluding hydrogens is 516 g/mol. The van der Waals surface area contributed by atoms with Crippen LogP contribution in [0.1, 0.15) is 39.5 Å². The summed E-state index contributed by atoms with van der Waals surface area (Å²) < 4.78 is 10.6. The van der Waals surface area contributed by atoms with Gasteiger partial charge in [0.2, 0.25) is 0 Å². The second-order valence-corrected chi connectivity index (χ2v) is 9.39. The molecule has 4 rings (SSSR count). The van der Waals surface area contributed by atoms with Crippen molar-refractivity contribution < 1.29 is 29.0 Å². The van der Waals surface area contributed by atoms with Crippen LogP contribution in [0.15, 0.2) is 66.8 Å². The molecule has 1 unspecified atom stereocenters. The molecule has 1 aromatic heterocycles. The Labute approximate surface area is 222 Å². The highest BCUT2D eigenvalue weighted by Crippen LogP contribution is 2.44. The first-order valence-electron chi connectivity index (χ1n) is 11.3. The van der Waals surface area contributed by atoms with Crippen LogP contribution < -0.4 is 9.64 Å². The summed E-state index contributed by atoms with van der Waals surface area (Å²) in [6, 6.07) is 12.1. The molecule has 2 aromatic carbocycles. The molecule has 1 amide bonds. The summed E-state index contributed by atoms with van der Waals surface area (Å²) >= 11 is 7.00. The molecule has 10 heteroatoms. The van der Waals surface area contributed by atoms with Crippen molar-refractivity contribution in [1.82, 2.24) is 4.98 Å². The van der Waals surface area contributed by atoms with Crippen LogP contribution in [0.5, 0.6) is 5.75 Å². The maximum Gasteiger partial charge on any atom is 0.350 e. The number of ether oxygens (including phenoxy) is 2. The zero-order valence-electron chi connectivity index (χ0n) is 20.1. The first-order chi connectivity index (χ1) is 17.8. The van der Waals surface area contributed by atoms with E-state index >= 15 is 0 Å². The number of carbonyl (C=O) groups excluding carboxylic acids is 3. The molecule has 1 fully saturated rings. The largest absolute Gasteiger partial charge is 0.507 e. The molecule has 2 heterocycles. The molecule has 0 saturated carbocycles. The molecule has 0 bridgehead atoms. The molecule has 3 aromatic rings. The van der Waals surface area contributed by atoms with E-state index in [9.17, 15) is 19.5 Å². The number of esters is 1. The molecule has 0 aliphatic carbocycles. The number of hydrogen-bond acceptors (Lipinski definition) is 8. The molecule has 1 N–H and O–H groups in total. The highest BCUT2D eigenvalue weighted by molar-refractivity contribution is 7.17. The number of aliphatic hydroxyl groups excluding tert-OH is 1. The number of amides is 1. The van der Waals surface area contributed by atoms with Gasteiger partial charge in [-0.15, -0.1) is 0 Å². The van der Waals surface area contributed by atoms with Gasteiger partial charge in [-0.25, -0.2) is 9.78 Å². The topological polar surface area (TPSA) is 106 Å². The summed E-state index contributed by atoms with van der Waals surface area (Å²) in [5.41, 5.74) is 1.10. The monoisotopic (exact) mass is 538 g/mol. The maximum absolute atomic E-state index is 13.3. The third-order valence-electron chi connectivity index (χ3n) is 5.58. The van der Waals surface area contributed by atoms with Crippen molar-refractivity contribution >= 4 is 51.5 Å². The van der Waals surface area contributed by atoms with E-state index in [2.05, 4.69) is 11.6 Å². The second-order valence-electron chi connectivity index (χ2n) is 7.98. The van der Waals surface area contributed by atoms with Gasteiger partial charge in [-0.2, -0.15) is 0 Å². The zero-order valence-corrected chi connectivity index (χ0v) is 21.6. The van der Waals surface area contributed by atoms with Crippen LogP contribution in [0, 0.1) is 6.92 Å². The fourth-order valence-electron chi connectivity index (χ4n) is 3.90. The van der Waals surface area contributed by atoms with Crippen LogP contribution in [0.25, 0.3) is 5.76 Å². The number of benzene rings is 2. The highest BCUT2D eigenvalue weighted by Gasteiger charge is 2.48. The Morgan fingerprint density at radius 3 is 2.49 bits per heavy atom. The van der Waals surface area contributed by atoms with Crippen molar-refractivity contribution in [3.8, 4) is 5.75 Å². The number of aryl methyl sites for hydroxylation is 1. The quantitative estimate of drug-likeness (QED) is 0.133. The lowest BCUT2D eigenvalue weighted by Crippen LogP contribution is -2.29. The smallest absolute Gasteiger partial charge is 0.350 e. The Morgan fingerprint density at radius 1 is 1.19 bits per heavy atom. The minimum Gasteiger partial charge on any atom is -0.507 e. The van der Waals surface area contributed by atoms with Gasteiger partial charge in [-0.1, -0.05) is 47.7 Å². The normalized spacial score (nSPS) is 16.6. The number of hydrogen-bond donors (Lipinski definition) is 1. The average molecular weight is 539 g/mol. The van der Waals surface area contributed by atoms with Crippen LogP contribution in [0.3, 0.4) is 0 Å². The lowest BCUT2D eigenvalue weighted by Gasteiger charge is -2.23. The van der Waals surface area contributed by atoms with Gasteiger partial charge in [0.05, 0.1) is 23.9 Å². The standard InChI is InChI=1S/C27H23ClN2O6S/c1-4-14-36-26(34)24-15(3)29-27(37-24)30-21(16-6-10-18(28)11-7-16)20(23(32)25(30)33)22(31)17-8-12-19(13-9-17)35-5-2/h4,6-13,21,31H,1,5,14H2,2-3H3/b22-20-. The number of halogens is 1. The summed E-state index contributed by atoms with van der Waals surface area (Å²) in [6.07, 6.45) is 1.44. The summed E-state index contributed by atoms with van der Waals surface area (Å²) in [5.74, 6) is -2.12. The lowest BCUT2D eigenvalue weighted by atomic mass is 9.95.